The van der Waals surface area contributed by atoms with Gasteiger partial charge in [0.1, 0.15) is 5.60 Å². The first kappa shape index (κ1) is 22.0. The third-order valence-electron chi connectivity index (χ3n) is 2.61. The number of alkyl carbamates (subject to hydrolysis) is 1. The molecule has 0 saturated carbocycles. The van der Waals surface area contributed by atoms with Crippen LogP contribution < -0.4 is 5.32 Å². The molecule has 2 heterocycles. The Balaban J connectivity index is 0. The Morgan fingerprint density at radius 3 is 1.62 bits per heavy atom. The predicted octanol–water partition coefficient (Wildman–Crippen LogP) is 3.20. The fraction of sp³-hybridized carbons (Fsp3) is 0.867. The summed E-state index contributed by atoms with van der Waals surface area (Å²) in [5.74, 6) is 0. The normalized spacial score (nSPS) is 21.4. The third-order valence-corrected chi connectivity index (χ3v) is 2.61. The summed E-state index contributed by atoms with van der Waals surface area (Å²) in [5, 5.41) is 9.25. The molecule has 2 N–H and O–H groups in total. The zero-order valence-electron chi connectivity index (χ0n) is 14.1. The Labute approximate surface area is 128 Å². The summed E-state index contributed by atoms with van der Waals surface area (Å²) in [4.78, 5) is 18.9. The van der Waals surface area contributed by atoms with Gasteiger partial charge < -0.3 is 19.9 Å². The van der Waals surface area contributed by atoms with Gasteiger partial charge in [-0.25, -0.2) is 4.79 Å². The number of hydrogen-bond acceptors (Lipinski definition) is 4. The van der Waals surface area contributed by atoms with Crippen LogP contribution in [-0.2, 0) is 14.3 Å². The lowest BCUT2D eigenvalue weighted by Gasteiger charge is -2.18. The van der Waals surface area contributed by atoms with E-state index in [0.717, 1.165) is 0 Å². The van der Waals surface area contributed by atoms with E-state index in [9.17, 15) is 4.79 Å². The maximum atomic E-state index is 10.5. The van der Waals surface area contributed by atoms with Gasteiger partial charge in [-0.1, -0.05) is 13.8 Å². The molecule has 0 aliphatic carbocycles. The first-order chi connectivity index (χ1) is 9.82. The van der Waals surface area contributed by atoms with Crippen molar-refractivity contribution in [3.8, 4) is 0 Å². The topological polar surface area (TPSA) is 84.9 Å². The van der Waals surface area contributed by atoms with Gasteiger partial charge in [-0.2, -0.15) is 0 Å². The smallest absolute Gasteiger partial charge is 0.407 e. The largest absolute Gasteiger partial charge is 0.483 e. The molecule has 0 spiro atoms. The van der Waals surface area contributed by atoms with E-state index in [1.54, 1.807) is 0 Å². The lowest BCUT2D eigenvalue weighted by Crippen LogP contribution is -2.30. The number of rotatable bonds is 0. The first-order valence-electron chi connectivity index (χ1n) is 7.46. The minimum absolute atomic E-state index is 0.250. The van der Waals surface area contributed by atoms with E-state index in [1.807, 2.05) is 34.6 Å². The SMILES string of the molecule is C1CC2CCC1O2.CC.CNC(=O)OC(C)(C)C.O=CO. The molecular weight excluding hydrogens is 274 g/mol. The highest BCUT2D eigenvalue weighted by atomic mass is 16.6. The molecule has 2 rings (SSSR count). The van der Waals surface area contributed by atoms with Crippen LogP contribution in [0.4, 0.5) is 4.79 Å². The minimum Gasteiger partial charge on any atom is -0.483 e. The average molecular weight is 305 g/mol. The monoisotopic (exact) mass is 305 g/mol. The van der Waals surface area contributed by atoms with Crippen LogP contribution in [0.15, 0.2) is 0 Å². The number of hydrogen-bond donors (Lipinski definition) is 2. The Morgan fingerprint density at radius 2 is 1.52 bits per heavy atom. The lowest BCUT2D eigenvalue weighted by molar-refractivity contribution is -0.122. The first-order valence-corrected chi connectivity index (χ1v) is 7.46. The summed E-state index contributed by atoms with van der Waals surface area (Å²) in [5.41, 5.74) is -0.389. The van der Waals surface area contributed by atoms with Crippen LogP contribution in [0.2, 0.25) is 0 Å². The van der Waals surface area contributed by atoms with Crippen LogP contribution in [-0.4, -0.2) is 42.5 Å². The molecule has 0 radical (unpaired) electrons. The maximum Gasteiger partial charge on any atom is 0.407 e. The number of fused-ring (bicyclic) bond motifs is 2. The molecule has 2 aliphatic heterocycles. The van der Waals surface area contributed by atoms with E-state index >= 15 is 0 Å². The number of carbonyl (C=O) groups excluding carboxylic acids is 1. The summed E-state index contributed by atoms with van der Waals surface area (Å²) >= 11 is 0. The van der Waals surface area contributed by atoms with Crippen molar-refractivity contribution in [2.24, 2.45) is 0 Å². The van der Waals surface area contributed by atoms with Crippen LogP contribution >= 0.6 is 0 Å². The number of nitrogens with one attached hydrogen (secondary N) is 1. The molecule has 2 aliphatic rings. The molecule has 0 atom stereocenters. The summed E-state index contributed by atoms with van der Waals surface area (Å²) < 4.78 is 10.3. The molecule has 0 aromatic heterocycles. The van der Waals surface area contributed by atoms with Crippen molar-refractivity contribution in [1.82, 2.24) is 5.32 Å². The second-order valence-electron chi connectivity index (χ2n) is 5.39. The number of ether oxygens (including phenoxy) is 2. The van der Waals surface area contributed by atoms with Gasteiger partial charge in [-0.15, -0.1) is 0 Å². The van der Waals surface area contributed by atoms with Gasteiger partial charge >= 0.3 is 6.09 Å². The van der Waals surface area contributed by atoms with E-state index < -0.39 is 0 Å². The number of amides is 1. The second-order valence-corrected chi connectivity index (χ2v) is 5.39. The molecule has 126 valence electrons. The predicted molar refractivity (Wildman–Crippen MR) is 82.5 cm³/mol. The van der Waals surface area contributed by atoms with Gasteiger partial charge in [0.05, 0.1) is 12.2 Å². The van der Waals surface area contributed by atoms with Gasteiger partial charge in [0.2, 0.25) is 0 Å². The van der Waals surface area contributed by atoms with Crippen molar-refractivity contribution in [3.05, 3.63) is 0 Å². The maximum absolute atomic E-state index is 10.5. The molecule has 1 amide bonds. The van der Waals surface area contributed by atoms with Crippen LogP contribution in [0.25, 0.3) is 0 Å². The van der Waals surface area contributed by atoms with E-state index in [4.69, 9.17) is 19.4 Å². The fourth-order valence-corrected chi connectivity index (χ4v) is 1.91. The molecule has 21 heavy (non-hydrogen) atoms. The lowest BCUT2D eigenvalue weighted by atomic mass is 10.0. The number of carbonyl (C=O) groups is 2. The Bertz CT molecular complexity index is 258. The van der Waals surface area contributed by atoms with Crippen molar-refractivity contribution in [3.63, 3.8) is 0 Å². The summed E-state index contributed by atoms with van der Waals surface area (Å²) in [6.07, 6.45) is 6.31. The van der Waals surface area contributed by atoms with Crippen molar-refractivity contribution < 1.29 is 24.2 Å². The van der Waals surface area contributed by atoms with E-state index in [0.29, 0.717) is 12.2 Å². The van der Waals surface area contributed by atoms with E-state index in [1.165, 1.54) is 32.7 Å². The highest BCUT2D eigenvalue weighted by Gasteiger charge is 2.31. The van der Waals surface area contributed by atoms with Crippen LogP contribution in [0, 0.1) is 0 Å². The molecule has 0 aromatic carbocycles. The summed E-state index contributed by atoms with van der Waals surface area (Å²) in [6, 6.07) is 0. The number of carboxylic acid groups (broad SMARTS) is 1. The zero-order chi connectivity index (χ0) is 16.9. The second kappa shape index (κ2) is 12.4. The summed E-state index contributed by atoms with van der Waals surface area (Å²) in [7, 11) is 1.54. The Kier molecular flexibility index (Phi) is 13.0. The van der Waals surface area contributed by atoms with Gasteiger partial charge in [0.25, 0.3) is 6.47 Å². The molecule has 6 heteroatoms. The zero-order valence-corrected chi connectivity index (χ0v) is 14.1. The molecule has 0 aromatic rings. The molecule has 6 nitrogen and oxygen atoms in total. The average Bonchev–Trinajstić information content (AvgIpc) is 3.05. The van der Waals surface area contributed by atoms with E-state index in [2.05, 4.69) is 5.32 Å². The van der Waals surface area contributed by atoms with Crippen LogP contribution in [0.5, 0.6) is 0 Å². The standard InChI is InChI=1S/C6H13NO2.C6H10O.C2H6.CH2O2/c1-6(2,3)9-5(8)7-4;1-2-6-4-3-5(1)7-6;1-2;2-1-3/h1-4H3,(H,7,8);5-6H,1-4H2;1-2H3;1H,(H,2,3). The molecular formula is C15H31NO5. The van der Waals surface area contributed by atoms with Gasteiger partial charge in [-0.05, 0) is 46.5 Å². The highest BCUT2D eigenvalue weighted by Crippen LogP contribution is 2.33. The molecule has 2 fully saturated rings. The molecule has 0 unspecified atom stereocenters. The summed E-state index contributed by atoms with van der Waals surface area (Å²) in [6.45, 7) is 9.22. The molecule has 2 saturated heterocycles. The van der Waals surface area contributed by atoms with Crippen molar-refractivity contribution in [2.75, 3.05) is 7.05 Å². The van der Waals surface area contributed by atoms with Gasteiger partial charge in [0.15, 0.2) is 0 Å². The van der Waals surface area contributed by atoms with Crippen molar-refractivity contribution >= 4 is 12.6 Å². The Morgan fingerprint density at radius 1 is 1.19 bits per heavy atom. The van der Waals surface area contributed by atoms with Gasteiger partial charge in [0, 0.05) is 7.05 Å². The van der Waals surface area contributed by atoms with E-state index in [-0.39, 0.29) is 18.2 Å². The van der Waals surface area contributed by atoms with Crippen LogP contribution in [0.1, 0.15) is 60.3 Å². The minimum atomic E-state index is -0.389. The quantitative estimate of drug-likeness (QED) is 0.671. The fourth-order valence-electron chi connectivity index (χ4n) is 1.91. The highest BCUT2D eigenvalue weighted by molar-refractivity contribution is 5.67. The van der Waals surface area contributed by atoms with Crippen LogP contribution in [0.3, 0.4) is 0 Å². The third kappa shape index (κ3) is 13.4. The van der Waals surface area contributed by atoms with Gasteiger partial charge in [-0.3, -0.25) is 4.79 Å². The van der Waals surface area contributed by atoms with Crippen molar-refractivity contribution in [1.29, 1.82) is 0 Å². The molecule has 2 bridgehead atoms. The Hall–Kier alpha value is -1.30. The van der Waals surface area contributed by atoms with Crippen molar-refractivity contribution in [2.45, 2.75) is 78.1 Å².